The van der Waals surface area contributed by atoms with Crippen LogP contribution >= 0.6 is 11.6 Å². The van der Waals surface area contributed by atoms with E-state index in [1.807, 2.05) is 19.1 Å². The highest BCUT2D eigenvalue weighted by Crippen LogP contribution is 2.34. The van der Waals surface area contributed by atoms with E-state index in [4.69, 9.17) is 21.1 Å². The molecule has 0 aliphatic heterocycles. The number of rotatable bonds is 5. The Morgan fingerprint density at radius 1 is 1.14 bits per heavy atom. The number of nitrogens with one attached hydrogen (secondary N) is 1. The van der Waals surface area contributed by atoms with E-state index in [1.54, 1.807) is 32.4 Å². The van der Waals surface area contributed by atoms with E-state index in [0.29, 0.717) is 28.6 Å². The monoisotopic (exact) mass is 307 g/mol. The third-order valence-electron chi connectivity index (χ3n) is 3.28. The van der Waals surface area contributed by atoms with Crippen molar-refractivity contribution in [3.05, 3.63) is 46.5 Å². The quantitative estimate of drug-likeness (QED) is 0.877. The molecule has 0 radical (unpaired) electrons. The lowest BCUT2D eigenvalue weighted by Crippen LogP contribution is -2.03. The Bertz CT molecular complexity index is 623. The lowest BCUT2D eigenvalue weighted by atomic mass is 10.1. The summed E-state index contributed by atoms with van der Waals surface area (Å²) in [5, 5.41) is 13.6. The first-order chi connectivity index (χ1) is 10.1. The van der Waals surface area contributed by atoms with Gasteiger partial charge in [0.1, 0.15) is 5.75 Å². The molecule has 0 atom stereocenters. The summed E-state index contributed by atoms with van der Waals surface area (Å²) in [5.74, 6) is 1.50. The molecule has 0 bridgehead atoms. The third-order valence-corrected chi connectivity index (χ3v) is 3.63. The van der Waals surface area contributed by atoms with Gasteiger partial charge in [-0.05, 0) is 30.7 Å². The number of phenols is 1. The standard InChI is InChI=1S/C16H18ClNO3/c1-10-7-15(20-2)16(21-3)8-13(10)18-9-11-12(17)5-4-6-14(11)19/h4-8,18-19H,9H2,1-3H3. The minimum Gasteiger partial charge on any atom is -0.508 e. The zero-order chi connectivity index (χ0) is 15.4. The van der Waals surface area contributed by atoms with E-state index in [0.717, 1.165) is 11.3 Å². The number of hydrogen-bond donors (Lipinski definition) is 2. The van der Waals surface area contributed by atoms with E-state index < -0.39 is 0 Å². The first-order valence-corrected chi connectivity index (χ1v) is 6.87. The van der Waals surface area contributed by atoms with Crippen molar-refractivity contribution >= 4 is 17.3 Å². The molecule has 2 aromatic carbocycles. The Balaban J connectivity index is 2.24. The second kappa shape index (κ2) is 6.59. The van der Waals surface area contributed by atoms with Gasteiger partial charge in [0.05, 0.1) is 14.2 Å². The molecular formula is C16H18ClNO3. The third kappa shape index (κ3) is 3.34. The molecule has 0 aliphatic rings. The van der Waals surface area contributed by atoms with Gasteiger partial charge in [0.25, 0.3) is 0 Å². The summed E-state index contributed by atoms with van der Waals surface area (Å²) < 4.78 is 10.6. The number of halogens is 1. The number of benzene rings is 2. The Kier molecular flexibility index (Phi) is 4.81. The van der Waals surface area contributed by atoms with Crippen LogP contribution in [0.1, 0.15) is 11.1 Å². The molecule has 0 heterocycles. The predicted octanol–water partition coefficient (Wildman–Crippen LogP) is 3.98. The number of hydrogen-bond acceptors (Lipinski definition) is 4. The Morgan fingerprint density at radius 2 is 1.81 bits per heavy atom. The molecule has 112 valence electrons. The van der Waals surface area contributed by atoms with Crippen LogP contribution in [0.15, 0.2) is 30.3 Å². The van der Waals surface area contributed by atoms with Crippen molar-refractivity contribution in [3.63, 3.8) is 0 Å². The molecule has 5 heteroatoms. The number of methoxy groups -OCH3 is 2. The summed E-state index contributed by atoms with van der Waals surface area (Å²) in [6, 6.07) is 8.84. The first kappa shape index (κ1) is 15.3. The molecule has 0 spiro atoms. The second-order valence-corrected chi connectivity index (χ2v) is 5.02. The van der Waals surface area contributed by atoms with E-state index in [9.17, 15) is 5.11 Å². The smallest absolute Gasteiger partial charge is 0.162 e. The van der Waals surface area contributed by atoms with Crippen LogP contribution in [-0.4, -0.2) is 19.3 Å². The highest BCUT2D eigenvalue weighted by Gasteiger charge is 2.10. The van der Waals surface area contributed by atoms with E-state index in [-0.39, 0.29) is 5.75 Å². The van der Waals surface area contributed by atoms with Gasteiger partial charge in [-0.1, -0.05) is 17.7 Å². The normalized spacial score (nSPS) is 10.3. The molecule has 0 saturated carbocycles. The zero-order valence-electron chi connectivity index (χ0n) is 12.2. The summed E-state index contributed by atoms with van der Waals surface area (Å²) in [4.78, 5) is 0. The topological polar surface area (TPSA) is 50.7 Å². The van der Waals surface area contributed by atoms with Gasteiger partial charge in [0.2, 0.25) is 0 Å². The zero-order valence-corrected chi connectivity index (χ0v) is 13.0. The number of ether oxygens (including phenoxy) is 2. The summed E-state index contributed by atoms with van der Waals surface area (Å²) in [6.07, 6.45) is 0. The van der Waals surface area contributed by atoms with Crippen LogP contribution in [0.2, 0.25) is 5.02 Å². The molecule has 0 saturated heterocycles. The van der Waals surface area contributed by atoms with Gasteiger partial charge < -0.3 is 19.9 Å². The fourth-order valence-electron chi connectivity index (χ4n) is 2.08. The first-order valence-electron chi connectivity index (χ1n) is 6.49. The van der Waals surface area contributed by atoms with Crippen LogP contribution in [0.25, 0.3) is 0 Å². The molecule has 0 unspecified atom stereocenters. The fraction of sp³-hybridized carbons (Fsp3) is 0.250. The van der Waals surface area contributed by atoms with Gasteiger partial charge >= 0.3 is 0 Å². The average Bonchev–Trinajstić information content (AvgIpc) is 2.47. The highest BCUT2D eigenvalue weighted by atomic mass is 35.5. The van der Waals surface area contributed by atoms with Crippen molar-refractivity contribution in [1.82, 2.24) is 0 Å². The molecule has 2 rings (SSSR count). The lowest BCUT2D eigenvalue weighted by molar-refractivity contribution is 0.355. The fourth-order valence-corrected chi connectivity index (χ4v) is 2.31. The minimum atomic E-state index is 0.174. The van der Waals surface area contributed by atoms with E-state index in [2.05, 4.69) is 5.32 Å². The molecule has 0 amide bonds. The summed E-state index contributed by atoms with van der Waals surface area (Å²) in [6.45, 7) is 2.39. The van der Waals surface area contributed by atoms with Crippen LogP contribution in [0, 0.1) is 6.92 Å². The van der Waals surface area contributed by atoms with Crippen molar-refractivity contribution in [3.8, 4) is 17.2 Å². The molecule has 0 aromatic heterocycles. The number of aromatic hydroxyl groups is 1. The van der Waals surface area contributed by atoms with Crippen LogP contribution < -0.4 is 14.8 Å². The van der Waals surface area contributed by atoms with Crippen LogP contribution in [-0.2, 0) is 6.54 Å². The summed E-state index contributed by atoms with van der Waals surface area (Å²) >= 11 is 6.10. The Morgan fingerprint density at radius 3 is 2.43 bits per heavy atom. The van der Waals surface area contributed by atoms with Gasteiger partial charge in [-0.15, -0.1) is 0 Å². The van der Waals surface area contributed by atoms with Crippen molar-refractivity contribution in [2.24, 2.45) is 0 Å². The van der Waals surface area contributed by atoms with E-state index >= 15 is 0 Å². The minimum absolute atomic E-state index is 0.174. The van der Waals surface area contributed by atoms with Crippen molar-refractivity contribution in [1.29, 1.82) is 0 Å². The van der Waals surface area contributed by atoms with E-state index in [1.165, 1.54) is 0 Å². The largest absolute Gasteiger partial charge is 0.508 e. The lowest BCUT2D eigenvalue weighted by Gasteiger charge is -2.15. The van der Waals surface area contributed by atoms with Crippen LogP contribution in [0.5, 0.6) is 17.2 Å². The van der Waals surface area contributed by atoms with Crippen LogP contribution in [0.4, 0.5) is 5.69 Å². The molecule has 0 fully saturated rings. The van der Waals surface area contributed by atoms with Crippen molar-refractivity contribution < 1.29 is 14.6 Å². The summed E-state index contributed by atoms with van der Waals surface area (Å²) in [5.41, 5.74) is 2.57. The number of aryl methyl sites for hydroxylation is 1. The van der Waals surface area contributed by atoms with Crippen LogP contribution in [0.3, 0.4) is 0 Å². The Labute approximate surface area is 129 Å². The van der Waals surface area contributed by atoms with Crippen molar-refractivity contribution in [2.75, 3.05) is 19.5 Å². The number of phenolic OH excluding ortho intramolecular Hbond substituents is 1. The Hall–Kier alpha value is -2.07. The predicted molar refractivity (Wildman–Crippen MR) is 84.7 cm³/mol. The molecule has 0 aliphatic carbocycles. The van der Waals surface area contributed by atoms with Crippen molar-refractivity contribution in [2.45, 2.75) is 13.5 Å². The van der Waals surface area contributed by atoms with Gasteiger partial charge in [-0.2, -0.15) is 0 Å². The summed E-state index contributed by atoms with van der Waals surface area (Å²) in [7, 11) is 3.20. The molecule has 2 aromatic rings. The molecule has 2 N–H and O–H groups in total. The van der Waals surface area contributed by atoms with Gasteiger partial charge in [0.15, 0.2) is 11.5 Å². The molecular weight excluding hydrogens is 290 g/mol. The second-order valence-electron chi connectivity index (χ2n) is 4.61. The van der Waals surface area contributed by atoms with Gasteiger partial charge in [-0.25, -0.2) is 0 Å². The average molecular weight is 308 g/mol. The molecule has 21 heavy (non-hydrogen) atoms. The van der Waals surface area contributed by atoms with Gasteiger partial charge in [0, 0.05) is 28.9 Å². The maximum Gasteiger partial charge on any atom is 0.162 e. The highest BCUT2D eigenvalue weighted by molar-refractivity contribution is 6.31. The number of anilines is 1. The SMILES string of the molecule is COc1cc(C)c(NCc2c(O)cccc2Cl)cc1OC. The molecule has 4 nitrogen and oxygen atoms in total. The van der Waals surface area contributed by atoms with Gasteiger partial charge in [-0.3, -0.25) is 0 Å². The maximum absolute atomic E-state index is 9.85. The maximum atomic E-state index is 9.85.